The predicted octanol–water partition coefficient (Wildman–Crippen LogP) is 1.31. The van der Waals surface area contributed by atoms with Crippen LogP contribution in [0.3, 0.4) is 0 Å². The highest BCUT2D eigenvalue weighted by Gasteiger charge is 2.29. The maximum absolute atomic E-state index is 13.2. The van der Waals surface area contributed by atoms with E-state index in [0.29, 0.717) is 45.4 Å². The molecule has 2 aliphatic heterocycles. The van der Waals surface area contributed by atoms with Crippen molar-refractivity contribution in [2.45, 2.75) is 30.6 Å². The van der Waals surface area contributed by atoms with Crippen LogP contribution in [-0.4, -0.2) is 86.7 Å². The molecule has 0 saturated carbocycles. The van der Waals surface area contributed by atoms with Crippen molar-refractivity contribution in [3.05, 3.63) is 43.0 Å². The van der Waals surface area contributed by atoms with E-state index < -0.39 is 10.0 Å². The van der Waals surface area contributed by atoms with Crippen LogP contribution in [0.15, 0.2) is 47.9 Å². The molecule has 2 amide bonds. The Balaban J connectivity index is 1.66. The predicted molar refractivity (Wildman–Crippen MR) is 123 cm³/mol. The fourth-order valence-electron chi connectivity index (χ4n) is 4.29. The quantitative estimate of drug-likeness (QED) is 0.667. The number of hydrogen-bond acceptors (Lipinski definition) is 5. The van der Waals surface area contributed by atoms with Gasteiger partial charge in [-0.3, -0.25) is 14.5 Å². The van der Waals surface area contributed by atoms with E-state index in [1.54, 1.807) is 30.3 Å². The molecular formula is C23H34N4O4S. The molecule has 2 heterocycles. The molecule has 176 valence electrons. The topological polar surface area (TPSA) is 90.0 Å². The fourth-order valence-corrected chi connectivity index (χ4v) is 5.79. The Morgan fingerprint density at radius 2 is 1.78 bits per heavy atom. The zero-order chi connectivity index (χ0) is 23.0. The molecule has 0 bridgehead atoms. The number of sulfonamides is 1. The SMILES string of the molecule is C=CCN1CCN(C(=O)C2CCCN(S(=O)(=O)c3ccccc3)CCC(=O)NCC2)CC1. The second-order valence-corrected chi connectivity index (χ2v) is 10.3. The standard InChI is InChI=1S/C23H34N4O4S/c1-2-13-25-16-18-26(19-17-25)23(29)20-7-6-14-27(15-11-22(28)24-12-10-20)32(30,31)21-8-4-3-5-9-21/h2-5,8-9,20H,1,6-7,10-19H2,(H,24,28). The first-order valence-electron chi connectivity index (χ1n) is 11.4. The van der Waals surface area contributed by atoms with Crippen molar-refractivity contribution in [3.8, 4) is 0 Å². The van der Waals surface area contributed by atoms with Crippen LogP contribution in [0.1, 0.15) is 25.7 Å². The first kappa shape index (κ1) is 24.4. The van der Waals surface area contributed by atoms with Crippen molar-refractivity contribution in [2.24, 2.45) is 5.92 Å². The highest BCUT2D eigenvalue weighted by molar-refractivity contribution is 7.89. The summed E-state index contributed by atoms with van der Waals surface area (Å²) in [5.41, 5.74) is 0. The van der Waals surface area contributed by atoms with E-state index in [9.17, 15) is 18.0 Å². The second-order valence-electron chi connectivity index (χ2n) is 8.36. The third-order valence-electron chi connectivity index (χ3n) is 6.16. The molecule has 3 rings (SSSR count). The van der Waals surface area contributed by atoms with E-state index in [0.717, 1.165) is 19.6 Å². The summed E-state index contributed by atoms with van der Waals surface area (Å²) in [6.45, 7) is 8.46. The number of hydrogen-bond donors (Lipinski definition) is 1. The molecule has 2 fully saturated rings. The first-order chi connectivity index (χ1) is 15.4. The maximum atomic E-state index is 13.2. The molecule has 0 aliphatic carbocycles. The molecule has 1 atom stereocenters. The summed E-state index contributed by atoms with van der Waals surface area (Å²) in [5, 5.41) is 2.85. The maximum Gasteiger partial charge on any atom is 0.243 e. The van der Waals surface area contributed by atoms with Gasteiger partial charge in [0, 0.05) is 64.7 Å². The van der Waals surface area contributed by atoms with Crippen molar-refractivity contribution >= 4 is 21.8 Å². The zero-order valence-corrected chi connectivity index (χ0v) is 19.4. The molecule has 9 heteroatoms. The lowest BCUT2D eigenvalue weighted by Gasteiger charge is -2.36. The Bertz CT molecular complexity index is 883. The third-order valence-corrected chi connectivity index (χ3v) is 8.08. The van der Waals surface area contributed by atoms with Gasteiger partial charge in [0.15, 0.2) is 0 Å². The number of nitrogens with one attached hydrogen (secondary N) is 1. The molecular weight excluding hydrogens is 428 g/mol. The molecule has 0 radical (unpaired) electrons. The lowest BCUT2D eigenvalue weighted by Crippen LogP contribution is -2.50. The van der Waals surface area contributed by atoms with Gasteiger partial charge >= 0.3 is 0 Å². The Morgan fingerprint density at radius 3 is 2.47 bits per heavy atom. The minimum Gasteiger partial charge on any atom is -0.356 e. The van der Waals surface area contributed by atoms with Gasteiger partial charge in [-0.15, -0.1) is 6.58 Å². The Hall–Kier alpha value is -2.23. The number of piperazine rings is 1. The molecule has 2 saturated heterocycles. The van der Waals surface area contributed by atoms with Crippen LogP contribution in [0.5, 0.6) is 0 Å². The van der Waals surface area contributed by atoms with Crippen LogP contribution in [0, 0.1) is 5.92 Å². The summed E-state index contributed by atoms with van der Waals surface area (Å²) in [7, 11) is -3.69. The van der Waals surface area contributed by atoms with Crippen LogP contribution in [0.25, 0.3) is 0 Å². The number of amides is 2. The van der Waals surface area contributed by atoms with Gasteiger partial charge < -0.3 is 10.2 Å². The first-order valence-corrected chi connectivity index (χ1v) is 12.8. The lowest BCUT2D eigenvalue weighted by molar-refractivity contribution is -0.138. The summed E-state index contributed by atoms with van der Waals surface area (Å²) >= 11 is 0. The van der Waals surface area contributed by atoms with Crippen molar-refractivity contribution < 1.29 is 18.0 Å². The minimum atomic E-state index is -3.69. The minimum absolute atomic E-state index is 0.106. The van der Waals surface area contributed by atoms with Gasteiger partial charge in [-0.05, 0) is 31.4 Å². The van der Waals surface area contributed by atoms with Crippen LogP contribution in [0.4, 0.5) is 0 Å². The average molecular weight is 463 g/mol. The van der Waals surface area contributed by atoms with Crippen LogP contribution < -0.4 is 5.32 Å². The molecule has 1 N–H and O–H groups in total. The van der Waals surface area contributed by atoms with E-state index >= 15 is 0 Å². The van der Waals surface area contributed by atoms with E-state index in [4.69, 9.17) is 0 Å². The van der Waals surface area contributed by atoms with Crippen LogP contribution in [-0.2, 0) is 19.6 Å². The molecule has 1 aromatic carbocycles. The zero-order valence-electron chi connectivity index (χ0n) is 18.6. The normalized spacial score (nSPS) is 22.6. The van der Waals surface area contributed by atoms with Gasteiger partial charge in [0.1, 0.15) is 0 Å². The van der Waals surface area contributed by atoms with Crippen LogP contribution >= 0.6 is 0 Å². The van der Waals surface area contributed by atoms with Gasteiger partial charge in [0.2, 0.25) is 21.8 Å². The Labute approximate surface area is 191 Å². The van der Waals surface area contributed by atoms with E-state index in [1.165, 1.54) is 4.31 Å². The summed E-state index contributed by atoms with van der Waals surface area (Å²) < 4.78 is 27.6. The average Bonchev–Trinajstić information content (AvgIpc) is 2.84. The van der Waals surface area contributed by atoms with E-state index in [2.05, 4.69) is 16.8 Å². The number of rotatable bonds is 5. The summed E-state index contributed by atoms with van der Waals surface area (Å²) in [6, 6.07) is 8.29. The van der Waals surface area contributed by atoms with Crippen molar-refractivity contribution in [1.82, 2.24) is 19.4 Å². The summed E-state index contributed by atoms with van der Waals surface area (Å²) in [6.07, 6.45) is 3.73. The fraction of sp³-hybridized carbons (Fsp3) is 0.565. The monoisotopic (exact) mass is 462 g/mol. The molecule has 0 spiro atoms. The van der Waals surface area contributed by atoms with E-state index in [-0.39, 0.29) is 35.6 Å². The van der Waals surface area contributed by atoms with Crippen molar-refractivity contribution in [3.63, 3.8) is 0 Å². The second kappa shape index (κ2) is 11.6. The van der Waals surface area contributed by atoms with Gasteiger partial charge in [-0.1, -0.05) is 24.3 Å². The number of carbonyl (C=O) groups excluding carboxylic acids is 2. The highest BCUT2D eigenvalue weighted by Crippen LogP contribution is 2.21. The molecule has 1 aromatic rings. The number of nitrogens with zero attached hydrogens (tertiary/aromatic N) is 3. The highest BCUT2D eigenvalue weighted by atomic mass is 32.2. The largest absolute Gasteiger partial charge is 0.356 e. The summed E-state index contributed by atoms with van der Waals surface area (Å²) in [4.78, 5) is 29.8. The van der Waals surface area contributed by atoms with E-state index in [1.807, 2.05) is 11.0 Å². The molecule has 2 aliphatic rings. The van der Waals surface area contributed by atoms with Gasteiger partial charge in [-0.2, -0.15) is 4.31 Å². The number of carbonyl (C=O) groups is 2. The molecule has 8 nitrogen and oxygen atoms in total. The third kappa shape index (κ3) is 6.40. The molecule has 0 aromatic heterocycles. The van der Waals surface area contributed by atoms with Crippen molar-refractivity contribution in [2.75, 3.05) is 52.4 Å². The van der Waals surface area contributed by atoms with Gasteiger partial charge in [0.05, 0.1) is 4.90 Å². The summed E-state index contributed by atoms with van der Waals surface area (Å²) in [5.74, 6) is -0.306. The molecule has 1 unspecified atom stereocenters. The van der Waals surface area contributed by atoms with Gasteiger partial charge in [0.25, 0.3) is 0 Å². The number of benzene rings is 1. The van der Waals surface area contributed by atoms with Crippen molar-refractivity contribution in [1.29, 1.82) is 0 Å². The lowest BCUT2D eigenvalue weighted by atomic mass is 9.97. The van der Waals surface area contributed by atoms with Gasteiger partial charge in [-0.25, -0.2) is 8.42 Å². The van der Waals surface area contributed by atoms with Crippen LogP contribution in [0.2, 0.25) is 0 Å². The molecule has 32 heavy (non-hydrogen) atoms. The smallest absolute Gasteiger partial charge is 0.243 e. The Kier molecular flexibility index (Phi) is 8.84. The Morgan fingerprint density at radius 1 is 1.06 bits per heavy atom.